The Kier molecular flexibility index (Phi) is 9.08. The zero-order valence-electron chi connectivity index (χ0n) is 9.39. The van der Waals surface area contributed by atoms with Gasteiger partial charge in [-0.25, -0.2) is 27.8 Å². The summed E-state index contributed by atoms with van der Waals surface area (Å²) in [6.07, 6.45) is -2.26. The van der Waals surface area contributed by atoms with E-state index in [0.29, 0.717) is 0 Å². The maximum Gasteiger partial charge on any atom is 0.362 e. The van der Waals surface area contributed by atoms with Crippen LogP contribution in [-0.4, -0.2) is 66.5 Å². The molecule has 0 rings (SSSR count). The molecule has 3 atom stereocenters. The average molecular weight is 336 g/mol. The number of aliphatic carboxylic acids is 2. The molecule has 0 heterocycles. The van der Waals surface area contributed by atoms with E-state index in [1.807, 2.05) is 0 Å². The lowest BCUT2D eigenvalue weighted by Gasteiger charge is -2.08. The summed E-state index contributed by atoms with van der Waals surface area (Å²) in [5.41, 5.74) is 0. The molecule has 0 bridgehead atoms. The number of carboxylic acids is 2. The van der Waals surface area contributed by atoms with Gasteiger partial charge in [0, 0.05) is 0 Å². The van der Waals surface area contributed by atoms with Crippen LogP contribution in [0.25, 0.3) is 0 Å². The molecule has 3 unspecified atom stereocenters. The van der Waals surface area contributed by atoms with E-state index in [4.69, 9.17) is 30.6 Å². The Labute approximate surface area is 110 Å². The summed E-state index contributed by atoms with van der Waals surface area (Å²) < 4.78 is 39.5. The van der Waals surface area contributed by atoms with Crippen LogP contribution < -0.4 is 0 Å². The van der Waals surface area contributed by atoms with Crippen molar-refractivity contribution in [3.8, 4) is 0 Å². The predicted molar refractivity (Wildman–Crippen MR) is 55.9 cm³/mol. The Hall–Kier alpha value is -1.42. The van der Waals surface area contributed by atoms with Gasteiger partial charge in [0.1, 0.15) is 0 Å². The van der Waals surface area contributed by atoms with Crippen molar-refractivity contribution in [3.63, 3.8) is 0 Å². The smallest absolute Gasteiger partial charge is 0.362 e. The lowest BCUT2D eigenvalue weighted by Crippen LogP contribution is -2.36. The summed E-state index contributed by atoms with van der Waals surface area (Å²) in [6.45, 7) is -1.35. The van der Waals surface area contributed by atoms with Crippen LogP contribution in [-0.2, 0) is 27.8 Å². The zero-order chi connectivity index (χ0) is 16.7. The van der Waals surface area contributed by atoms with Crippen LogP contribution in [0.5, 0.6) is 0 Å². The second-order valence-electron chi connectivity index (χ2n) is 3.02. The summed E-state index contributed by atoms with van der Waals surface area (Å²) >= 11 is 0. The van der Waals surface area contributed by atoms with Gasteiger partial charge in [0.2, 0.25) is 5.85 Å². The van der Waals surface area contributed by atoms with Crippen molar-refractivity contribution >= 4 is 27.3 Å². The Morgan fingerprint density at radius 2 is 1.45 bits per heavy atom. The number of aliphatic hydroxyl groups excluding tert-OH is 3. The minimum atomic E-state index is -3.58. The highest BCUT2D eigenvalue weighted by Gasteiger charge is 2.42. The SMILES string of the molecule is O=C(O)C(O)(CO)P(=O)=O.O=C(O)C(O)C(O)P(=O)=O. The molecule has 0 aliphatic rings. The van der Waals surface area contributed by atoms with Crippen molar-refractivity contribution in [3.05, 3.63) is 0 Å². The quantitative estimate of drug-likeness (QED) is 0.285. The van der Waals surface area contributed by atoms with E-state index in [1.54, 1.807) is 0 Å². The maximum atomic E-state index is 9.94. The van der Waals surface area contributed by atoms with Crippen molar-refractivity contribution in [2.24, 2.45) is 0 Å². The predicted octanol–water partition coefficient (Wildman–Crippen LogP) is -2.15. The fraction of sp³-hybridized carbons (Fsp3) is 0.667. The van der Waals surface area contributed by atoms with Gasteiger partial charge < -0.3 is 30.6 Å². The van der Waals surface area contributed by atoms with Crippen LogP contribution in [0.4, 0.5) is 0 Å². The zero-order valence-corrected chi connectivity index (χ0v) is 11.2. The van der Waals surface area contributed by atoms with E-state index in [0.717, 1.165) is 0 Å². The van der Waals surface area contributed by atoms with E-state index in [-0.39, 0.29) is 0 Å². The summed E-state index contributed by atoms with van der Waals surface area (Å²) in [6, 6.07) is 0. The monoisotopic (exact) mass is 336 g/mol. The first-order chi connectivity index (χ1) is 8.91. The highest BCUT2D eigenvalue weighted by atomic mass is 31.1. The first kappa shape index (κ1) is 20.9. The molecule has 14 heteroatoms. The molecule has 0 saturated heterocycles. The number of rotatable bonds is 6. The summed E-state index contributed by atoms with van der Waals surface area (Å²) in [7, 11) is -6.89. The molecule has 0 aromatic carbocycles. The highest BCUT2D eigenvalue weighted by molar-refractivity contribution is 7.34. The van der Waals surface area contributed by atoms with Crippen LogP contribution in [0.2, 0.25) is 0 Å². The molecular weight excluding hydrogens is 326 g/mol. The number of hydrogen-bond acceptors (Lipinski definition) is 10. The molecule has 0 fully saturated rings. The average Bonchev–Trinajstić information content (AvgIpc) is 2.35. The second kappa shape index (κ2) is 8.69. The van der Waals surface area contributed by atoms with Gasteiger partial charge in [0.25, 0.3) is 5.34 Å². The first-order valence-corrected chi connectivity index (χ1v) is 6.77. The van der Waals surface area contributed by atoms with Crippen molar-refractivity contribution < 1.29 is 58.5 Å². The molecule has 12 nitrogen and oxygen atoms in total. The fourth-order valence-corrected chi connectivity index (χ4v) is 1.08. The minimum Gasteiger partial charge on any atom is -0.479 e. The Balaban J connectivity index is 0. The molecule has 0 radical (unpaired) electrons. The van der Waals surface area contributed by atoms with Crippen molar-refractivity contribution in [2.45, 2.75) is 17.3 Å². The van der Waals surface area contributed by atoms with Crippen LogP contribution in [0, 0.1) is 0 Å². The van der Waals surface area contributed by atoms with Gasteiger partial charge in [-0.3, -0.25) is 0 Å². The summed E-state index contributed by atoms with van der Waals surface area (Å²) in [5.74, 6) is -5.98. The third-order valence-electron chi connectivity index (χ3n) is 1.62. The number of hydrogen-bond donors (Lipinski definition) is 6. The summed E-state index contributed by atoms with van der Waals surface area (Å²) in [4.78, 5) is 19.7. The van der Waals surface area contributed by atoms with Crippen LogP contribution in [0.3, 0.4) is 0 Å². The van der Waals surface area contributed by atoms with E-state index < -0.39 is 51.2 Å². The Morgan fingerprint density at radius 3 is 1.50 bits per heavy atom. The molecule has 0 saturated carbocycles. The highest BCUT2D eigenvalue weighted by Crippen LogP contribution is 2.25. The molecule has 0 spiro atoms. The molecule has 20 heavy (non-hydrogen) atoms. The molecule has 0 aromatic rings. The molecule has 0 aliphatic carbocycles. The largest absolute Gasteiger partial charge is 0.479 e. The third kappa shape index (κ3) is 6.15. The standard InChI is InChI=1S/2C3H5O6P/c4-1-3(7,2(5)6)10(8)9;4-1(2(5)6)3(7)10(8)9/h4,7H,1H2,(H,5,6);1,3-4,7H,(H,5,6). The third-order valence-corrected chi connectivity index (χ3v) is 3.27. The molecule has 0 aliphatic heterocycles. The van der Waals surface area contributed by atoms with Gasteiger partial charge in [0.15, 0.2) is 6.10 Å². The van der Waals surface area contributed by atoms with Crippen LogP contribution >= 0.6 is 15.4 Å². The minimum absolute atomic E-state index is 1.35. The van der Waals surface area contributed by atoms with E-state index >= 15 is 0 Å². The van der Waals surface area contributed by atoms with Crippen LogP contribution in [0.15, 0.2) is 0 Å². The van der Waals surface area contributed by atoms with Gasteiger partial charge in [-0.2, -0.15) is 0 Å². The van der Waals surface area contributed by atoms with Gasteiger partial charge in [-0.1, -0.05) is 0 Å². The molecule has 116 valence electrons. The van der Waals surface area contributed by atoms with Gasteiger partial charge in [-0.05, 0) is 0 Å². The molecule has 6 N–H and O–H groups in total. The molecule has 0 amide bonds. The topological polar surface area (TPSA) is 224 Å². The van der Waals surface area contributed by atoms with Crippen molar-refractivity contribution in [1.29, 1.82) is 0 Å². The lowest BCUT2D eigenvalue weighted by atomic mass is 10.4. The first-order valence-electron chi connectivity index (χ1n) is 4.35. The Morgan fingerprint density at radius 1 is 1.05 bits per heavy atom. The second-order valence-corrected chi connectivity index (χ2v) is 5.37. The van der Waals surface area contributed by atoms with Crippen molar-refractivity contribution in [2.75, 3.05) is 6.61 Å². The van der Waals surface area contributed by atoms with E-state index in [9.17, 15) is 27.8 Å². The number of aliphatic hydroxyl groups is 4. The van der Waals surface area contributed by atoms with Gasteiger partial charge in [-0.15, -0.1) is 0 Å². The number of carbonyl (C=O) groups is 2. The summed E-state index contributed by atoms with van der Waals surface area (Å²) in [5, 5.41) is 46.2. The maximum absolute atomic E-state index is 9.94. The van der Waals surface area contributed by atoms with E-state index in [2.05, 4.69) is 0 Å². The van der Waals surface area contributed by atoms with Crippen molar-refractivity contribution in [1.82, 2.24) is 0 Å². The van der Waals surface area contributed by atoms with Gasteiger partial charge in [0.05, 0.1) is 6.61 Å². The van der Waals surface area contributed by atoms with E-state index in [1.165, 1.54) is 0 Å². The van der Waals surface area contributed by atoms with Gasteiger partial charge >= 0.3 is 27.3 Å². The molecular formula is C6H10O12P2. The van der Waals surface area contributed by atoms with Crippen LogP contribution in [0.1, 0.15) is 0 Å². The fourth-order valence-electron chi connectivity index (χ4n) is 0.446. The number of carboxylic acid groups (broad SMARTS) is 2. The normalized spacial score (nSPS) is 15.8. The lowest BCUT2D eigenvalue weighted by molar-refractivity contribution is -0.153. The Bertz CT molecular complexity index is 476. The molecule has 0 aromatic heterocycles.